The van der Waals surface area contributed by atoms with E-state index in [2.05, 4.69) is 10.2 Å². The van der Waals surface area contributed by atoms with Crippen LogP contribution in [0.2, 0.25) is 0 Å². The Morgan fingerprint density at radius 2 is 1.32 bits per heavy atom. The minimum absolute atomic E-state index is 0.0260. The number of para-hydroxylation sites is 1. The molecule has 166 valence electrons. The summed E-state index contributed by atoms with van der Waals surface area (Å²) in [6.45, 7) is 2.27. The van der Waals surface area contributed by atoms with E-state index in [0.29, 0.717) is 23.0 Å². The first kappa shape index (κ1) is 20.2. The topological polar surface area (TPSA) is 86.0 Å². The molecule has 0 saturated heterocycles. The van der Waals surface area contributed by atoms with Crippen LogP contribution in [0.25, 0.3) is 11.1 Å². The maximum absolute atomic E-state index is 13.6. The van der Waals surface area contributed by atoms with Crippen molar-refractivity contribution < 1.29 is 9.59 Å². The molecule has 0 unspecified atom stereocenters. The number of nitrogens with one attached hydrogen (secondary N) is 2. The second-order valence-corrected chi connectivity index (χ2v) is 8.47. The van der Waals surface area contributed by atoms with Gasteiger partial charge in [-0.25, -0.2) is 0 Å². The molecule has 0 saturated carbocycles. The lowest BCUT2D eigenvalue weighted by Gasteiger charge is -2.28. The van der Waals surface area contributed by atoms with Crippen LogP contribution in [0, 0.1) is 0 Å². The SMILES string of the molecule is CCN1C(=O)/C(=c2/[nH][nH]c(=O)c2=C2c3ccccc3Cc3ccccc32)C(=O)c2ccccc21. The number of hydrogen-bond donors (Lipinski definition) is 2. The molecule has 0 spiro atoms. The largest absolute Gasteiger partial charge is 0.308 e. The summed E-state index contributed by atoms with van der Waals surface area (Å²) in [4.78, 5) is 42.0. The van der Waals surface area contributed by atoms with Gasteiger partial charge in [-0.1, -0.05) is 60.7 Å². The predicted octanol–water partition coefficient (Wildman–Crippen LogP) is 2.25. The highest BCUT2D eigenvalue weighted by atomic mass is 16.2. The van der Waals surface area contributed by atoms with Gasteiger partial charge in [-0.2, -0.15) is 0 Å². The number of rotatable bonds is 1. The quantitative estimate of drug-likeness (QED) is 0.413. The second-order valence-electron chi connectivity index (χ2n) is 8.47. The molecular weight excluding hydrogens is 426 g/mol. The first-order valence-electron chi connectivity index (χ1n) is 11.3. The van der Waals surface area contributed by atoms with Gasteiger partial charge in [0.2, 0.25) is 5.78 Å². The molecule has 1 amide bonds. The standard InChI is InChI=1S/C28H21N3O3/c1-2-31-21-14-8-7-13-20(21)26(32)24(28(31)34)25-23(27(33)30-29-25)22-18-11-5-3-9-16(18)15-17-10-4-6-12-19(17)22/h3-14,29H,2,15H2,1H3,(H,30,33)/b25-24+. The van der Waals surface area contributed by atoms with Crippen molar-refractivity contribution >= 4 is 28.5 Å². The molecule has 34 heavy (non-hydrogen) atoms. The van der Waals surface area contributed by atoms with E-state index >= 15 is 0 Å². The Hall–Kier alpha value is -4.45. The molecule has 2 N–H and O–H groups in total. The zero-order valence-electron chi connectivity index (χ0n) is 18.5. The number of H-pyrrole nitrogens is 2. The monoisotopic (exact) mass is 447 g/mol. The highest BCUT2D eigenvalue weighted by Gasteiger charge is 2.35. The van der Waals surface area contributed by atoms with Gasteiger partial charge in [0.05, 0.1) is 16.3 Å². The molecule has 2 heterocycles. The number of hydrogen-bond acceptors (Lipinski definition) is 3. The van der Waals surface area contributed by atoms with E-state index in [0.717, 1.165) is 34.2 Å². The van der Waals surface area contributed by atoms with E-state index in [-0.39, 0.29) is 22.3 Å². The van der Waals surface area contributed by atoms with Crippen molar-refractivity contribution in [2.45, 2.75) is 13.3 Å². The van der Waals surface area contributed by atoms with Gasteiger partial charge in [0.15, 0.2) is 0 Å². The van der Waals surface area contributed by atoms with Crippen molar-refractivity contribution in [3.05, 3.63) is 122 Å². The minimum atomic E-state index is -0.416. The van der Waals surface area contributed by atoms with Crippen molar-refractivity contribution in [1.29, 1.82) is 0 Å². The van der Waals surface area contributed by atoms with Crippen molar-refractivity contribution in [2.75, 3.05) is 11.4 Å². The van der Waals surface area contributed by atoms with Crippen molar-refractivity contribution in [3.8, 4) is 0 Å². The summed E-state index contributed by atoms with van der Waals surface area (Å²) in [5, 5.41) is 6.06. The fourth-order valence-corrected chi connectivity index (χ4v) is 5.15. The average molecular weight is 447 g/mol. The maximum Gasteiger partial charge on any atom is 0.272 e. The van der Waals surface area contributed by atoms with Crippen LogP contribution in [-0.2, 0) is 11.2 Å². The number of nitrogens with zero attached hydrogens (tertiary/aromatic N) is 1. The molecule has 1 aliphatic carbocycles. The van der Waals surface area contributed by atoms with Gasteiger partial charge in [0, 0.05) is 17.7 Å². The van der Waals surface area contributed by atoms with Crippen molar-refractivity contribution in [1.82, 2.24) is 10.2 Å². The summed E-state index contributed by atoms with van der Waals surface area (Å²) in [7, 11) is 0. The molecule has 4 aromatic rings. The zero-order valence-corrected chi connectivity index (χ0v) is 18.5. The fraction of sp³-hybridized carbons (Fsp3) is 0.107. The van der Waals surface area contributed by atoms with Crippen LogP contribution in [-0.4, -0.2) is 28.4 Å². The molecule has 6 nitrogen and oxygen atoms in total. The third kappa shape index (κ3) is 2.78. The number of ketones is 1. The number of aromatic nitrogens is 2. The van der Waals surface area contributed by atoms with Crippen molar-refractivity contribution in [3.63, 3.8) is 0 Å². The van der Waals surface area contributed by atoms with Crippen molar-refractivity contribution in [2.24, 2.45) is 0 Å². The number of carbonyl (C=O) groups excluding carboxylic acids is 2. The molecule has 2 aliphatic rings. The van der Waals surface area contributed by atoms with E-state index < -0.39 is 5.91 Å². The maximum atomic E-state index is 13.6. The first-order chi connectivity index (χ1) is 16.6. The summed E-state index contributed by atoms with van der Waals surface area (Å²) >= 11 is 0. The molecule has 1 aromatic heterocycles. The molecule has 0 radical (unpaired) electrons. The third-order valence-electron chi connectivity index (χ3n) is 6.67. The molecule has 1 aliphatic heterocycles. The summed E-state index contributed by atoms with van der Waals surface area (Å²) in [5.74, 6) is -0.805. The number of carbonyl (C=O) groups is 2. The van der Waals surface area contributed by atoms with Gasteiger partial charge in [-0.05, 0) is 47.7 Å². The third-order valence-corrected chi connectivity index (χ3v) is 6.67. The van der Waals surface area contributed by atoms with Gasteiger partial charge in [-0.15, -0.1) is 0 Å². The van der Waals surface area contributed by atoms with E-state index in [1.54, 1.807) is 23.1 Å². The van der Waals surface area contributed by atoms with Gasteiger partial charge in [0.25, 0.3) is 11.5 Å². The summed E-state index contributed by atoms with van der Waals surface area (Å²) in [6, 6.07) is 23.0. The zero-order chi connectivity index (χ0) is 23.4. The van der Waals surface area contributed by atoms with Crippen LogP contribution in [0.15, 0.2) is 77.6 Å². The number of anilines is 1. The summed E-state index contributed by atoms with van der Waals surface area (Å²) in [6.07, 6.45) is 0.749. The molecule has 0 atom stereocenters. The Morgan fingerprint density at radius 3 is 1.97 bits per heavy atom. The lowest BCUT2D eigenvalue weighted by atomic mass is 9.81. The van der Waals surface area contributed by atoms with Crippen LogP contribution < -0.4 is 21.0 Å². The first-order valence-corrected chi connectivity index (χ1v) is 11.3. The number of aromatic amines is 2. The number of benzene rings is 3. The molecule has 0 bridgehead atoms. The second kappa shape index (κ2) is 7.56. The Labute approximate surface area is 194 Å². The van der Waals surface area contributed by atoms with E-state index in [9.17, 15) is 14.4 Å². The van der Waals surface area contributed by atoms with E-state index in [4.69, 9.17) is 0 Å². The molecule has 6 heteroatoms. The van der Waals surface area contributed by atoms with Gasteiger partial charge >= 0.3 is 0 Å². The Morgan fingerprint density at radius 1 is 0.735 bits per heavy atom. The average Bonchev–Trinajstić information content (AvgIpc) is 3.23. The van der Waals surface area contributed by atoms with Crippen LogP contribution in [0.3, 0.4) is 0 Å². The van der Waals surface area contributed by atoms with Gasteiger partial charge < -0.3 is 4.90 Å². The van der Waals surface area contributed by atoms with Gasteiger partial charge in [0.1, 0.15) is 5.57 Å². The van der Waals surface area contributed by atoms with Crippen LogP contribution >= 0.6 is 0 Å². The van der Waals surface area contributed by atoms with Crippen LogP contribution in [0.1, 0.15) is 39.5 Å². The number of fused-ring (bicyclic) bond motifs is 3. The minimum Gasteiger partial charge on any atom is -0.308 e. The highest BCUT2D eigenvalue weighted by Crippen LogP contribution is 2.34. The summed E-state index contributed by atoms with van der Waals surface area (Å²) in [5.41, 5.74) is 5.40. The Bertz CT molecular complexity index is 1640. The van der Waals surface area contributed by atoms with Crippen LogP contribution in [0.4, 0.5) is 5.69 Å². The lowest BCUT2D eigenvalue weighted by molar-refractivity contribution is -0.113. The highest BCUT2D eigenvalue weighted by molar-refractivity contribution is 6.51. The molecule has 3 aromatic carbocycles. The number of amides is 1. The normalized spacial score (nSPS) is 16.3. The summed E-state index contributed by atoms with van der Waals surface area (Å²) < 4.78 is 0. The van der Waals surface area contributed by atoms with Gasteiger partial charge in [-0.3, -0.25) is 24.6 Å². The Kier molecular flexibility index (Phi) is 4.48. The smallest absolute Gasteiger partial charge is 0.272 e. The van der Waals surface area contributed by atoms with E-state index in [1.165, 1.54) is 0 Å². The number of Topliss-reactive ketones (excluding diaryl/α,β-unsaturated/α-hetero) is 1. The molecule has 0 fully saturated rings. The van der Waals surface area contributed by atoms with Crippen LogP contribution in [0.5, 0.6) is 0 Å². The fourth-order valence-electron chi connectivity index (χ4n) is 5.15. The molecule has 6 rings (SSSR count). The van der Waals surface area contributed by atoms with E-state index in [1.807, 2.05) is 61.5 Å². The molecular formula is C28H21N3O3. The lowest BCUT2D eigenvalue weighted by Crippen LogP contribution is -2.46. The Balaban J connectivity index is 1.80. The predicted molar refractivity (Wildman–Crippen MR) is 130 cm³/mol.